The van der Waals surface area contributed by atoms with Gasteiger partial charge in [0.25, 0.3) is 0 Å². The molecule has 5 heavy (non-hydrogen) atoms. The number of hydrogen-bond acceptors (Lipinski definition) is 0. The second-order valence-corrected chi connectivity index (χ2v) is 5.75. The van der Waals surface area contributed by atoms with Gasteiger partial charge in [-0.3, -0.25) is 0 Å². The molecule has 0 unspecified atom stereocenters. The molecule has 0 saturated carbocycles. The number of halogens is 3. The van der Waals surface area contributed by atoms with Crippen LogP contribution in [0.5, 0.6) is 0 Å². The maximum absolute atomic E-state index is 10.6. The largest absolute Gasteiger partial charge is 0.569 e. The second kappa shape index (κ2) is 1.13. The topological polar surface area (TPSA) is 0 Å². The zero-order chi connectivity index (χ0) is 4.50. The first-order valence-electron chi connectivity index (χ1n) is 1.07. The van der Waals surface area contributed by atoms with E-state index in [9.17, 15) is 12.3 Å². The highest BCUT2D eigenvalue weighted by atomic mass is 29.2. The van der Waals surface area contributed by atoms with Crippen molar-refractivity contribution in [2.75, 3.05) is 0 Å². The summed E-state index contributed by atoms with van der Waals surface area (Å²) in [6.45, 7) is 0. The molecular weight excluding hydrogens is 113 g/mol. The monoisotopic (exact) mass is 116 g/mol. The molecule has 0 aliphatic rings. The lowest BCUT2D eigenvalue weighted by Gasteiger charge is -1.83. The lowest BCUT2D eigenvalue weighted by Crippen LogP contribution is -2.13. The van der Waals surface area contributed by atoms with Gasteiger partial charge in [0.2, 0.25) is 0 Å². The lowest BCUT2D eigenvalue weighted by atomic mass is 18.7. The zero-order valence-electron chi connectivity index (χ0n) is 2.63. The fourth-order valence-corrected chi connectivity index (χ4v) is 0. The molecule has 0 aromatic rings. The Morgan fingerprint density at radius 3 is 1.20 bits per heavy atom. The Kier molecular flexibility index (Phi) is 1.18. The van der Waals surface area contributed by atoms with Crippen molar-refractivity contribution >= 4 is 18.4 Å². The molecule has 0 bridgehead atoms. The Labute approximate surface area is 31.7 Å². The van der Waals surface area contributed by atoms with E-state index in [4.69, 9.17) is 0 Å². The molecule has 0 aromatic carbocycles. The third-order valence-corrected chi connectivity index (χ3v) is 0. The predicted octanol–water partition coefficient (Wildman–Crippen LogP) is -0.304. The predicted molar refractivity (Wildman–Crippen MR) is 19.0 cm³/mol. The molecule has 0 aliphatic carbocycles. The van der Waals surface area contributed by atoms with Crippen molar-refractivity contribution in [3.05, 3.63) is 0 Å². The Morgan fingerprint density at radius 2 is 1.20 bits per heavy atom. The third-order valence-electron chi connectivity index (χ3n) is 0. The van der Waals surface area contributed by atoms with Gasteiger partial charge in [0.15, 0.2) is 0 Å². The van der Waals surface area contributed by atoms with E-state index in [0.717, 1.165) is 0 Å². The molecule has 0 radical (unpaired) electrons. The van der Waals surface area contributed by atoms with Crippen LogP contribution in [0.1, 0.15) is 0 Å². The fraction of sp³-hybridized carbons (Fsp3) is 0. The SMILES string of the molecule is F[Si](F)(F)[SiH3]. The van der Waals surface area contributed by atoms with E-state index in [-0.39, 0.29) is 0 Å². The van der Waals surface area contributed by atoms with Gasteiger partial charge in [-0.05, 0) is 0 Å². The van der Waals surface area contributed by atoms with Crippen LogP contribution in [0, 0.1) is 0 Å². The molecule has 0 N–H and O–H groups in total. The molecule has 0 spiro atoms. The van der Waals surface area contributed by atoms with Crippen LogP contribution in [0.2, 0.25) is 0 Å². The molecule has 0 rings (SSSR count). The minimum atomic E-state index is -4.97. The van der Waals surface area contributed by atoms with Gasteiger partial charge in [-0.25, -0.2) is 12.3 Å². The van der Waals surface area contributed by atoms with Gasteiger partial charge in [0, 0.05) is 0 Å². The summed E-state index contributed by atoms with van der Waals surface area (Å²) in [4.78, 5) is 0. The van der Waals surface area contributed by atoms with E-state index in [1.807, 2.05) is 0 Å². The van der Waals surface area contributed by atoms with Crippen LogP contribution in [0.4, 0.5) is 12.3 Å². The van der Waals surface area contributed by atoms with Crippen molar-refractivity contribution in [2.45, 2.75) is 0 Å². The van der Waals surface area contributed by atoms with E-state index in [2.05, 4.69) is 0 Å². The highest BCUT2D eigenvalue weighted by molar-refractivity contribution is 7.04. The van der Waals surface area contributed by atoms with Crippen molar-refractivity contribution < 1.29 is 12.3 Å². The average molecular weight is 116 g/mol. The van der Waals surface area contributed by atoms with E-state index in [0.29, 0.717) is 0 Å². The van der Waals surface area contributed by atoms with E-state index < -0.39 is 18.4 Å². The number of hydrogen-bond donors (Lipinski definition) is 0. The van der Waals surface area contributed by atoms with Gasteiger partial charge in [-0.15, -0.1) is 0 Å². The average Bonchev–Trinajstić information content (AvgIpc) is 0.722. The molecule has 0 heterocycles. The first kappa shape index (κ1) is 5.22. The van der Waals surface area contributed by atoms with E-state index >= 15 is 0 Å². The molecule has 0 fully saturated rings. The minimum Gasteiger partial charge on any atom is -0.242 e. The van der Waals surface area contributed by atoms with Crippen LogP contribution in [0.15, 0.2) is 0 Å². The molecule has 0 nitrogen and oxygen atoms in total. The van der Waals surface area contributed by atoms with Crippen LogP contribution in [0.25, 0.3) is 0 Å². The first-order chi connectivity index (χ1) is 2.00. The van der Waals surface area contributed by atoms with Crippen molar-refractivity contribution in [2.24, 2.45) is 0 Å². The summed E-state index contributed by atoms with van der Waals surface area (Å²) in [6.07, 6.45) is 0. The smallest absolute Gasteiger partial charge is 0.242 e. The Bertz CT molecular complexity index is 20.4. The van der Waals surface area contributed by atoms with Gasteiger partial charge < -0.3 is 0 Å². The maximum Gasteiger partial charge on any atom is 0.569 e. The van der Waals surface area contributed by atoms with E-state index in [1.54, 1.807) is 0 Å². The van der Waals surface area contributed by atoms with Crippen LogP contribution < -0.4 is 0 Å². The normalized spacial score (nSPS) is 12.6. The van der Waals surface area contributed by atoms with Gasteiger partial charge in [-0.2, -0.15) is 0 Å². The molecule has 32 valence electrons. The Morgan fingerprint density at radius 1 is 1.20 bits per heavy atom. The standard InChI is InChI=1S/F3H3Si2/c1-5(2,3)4/h4H3. The molecule has 0 amide bonds. The van der Waals surface area contributed by atoms with Crippen LogP contribution in [-0.2, 0) is 0 Å². The highest BCUT2D eigenvalue weighted by Crippen LogP contribution is 1.98. The van der Waals surface area contributed by atoms with Gasteiger partial charge in [0.1, 0.15) is 9.76 Å². The summed E-state index contributed by atoms with van der Waals surface area (Å²) in [7, 11) is -5.53. The van der Waals surface area contributed by atoms with Crippen molar-refractivity contribution in [3.63, 3.8) is 0 Å². The first-order valence-corrected chi connectivity index (χ1v) is 6.20. The van der Waals surface area contributed by atoms with Crippen LogP contribution >= 0.6 is 0 Å². The molecule has 0 saturated heterocycles. The summed E-state index contributed by atoms with van der Waals surface area (Å²) in [5.41, 5.74) is 0. The number of rotatable bonds is 0. The zero-order valence-corrected chi connectivity index (χ0v) is 5.63. The van der Waals surface area contributed by atoms with Gasteiger partial charge in [0.05, 0.1) is 0 Å². The fourth-order valence-electron chi connectivity index (χ4n) is 0. The summed E-state index contributed by atoms with van der Waals surface area (Å²) < 4.78 is 31.7. The van der Waals surface area contributed by atoms with Crippen molar-refractivity contribution in [3.8, 4) is 0 Å². The van der Waals surface area contributed by atoms with Crippen molar-refractivity contribution in [1.82, 2.24) is 0 Å². The molecule has 0 atom stereocenters. The van der Waals surface area contributed by atoms with Gasteiger partial charge >= 0.3 is 8.59 Å². The summed E-state index contributed by atoms with van der Waals surface area (Å²) >= 11 is 0. The minimum absolute atomic E-state index is 0.553. The molecule has 0 aromatic heterocycles. The van der Waals surface area contributed by atoms with Gasteiger partial charge in [-0.1, -0.05) is 0 Å². The summed E-state index contributed by atoms with van der Waals surface area (Å²) in [6, 6.07) is 0. The Balaban J connectivity index is 3.02. The van der Waals surface area contributed by atoms with Crippen LogP contribution in [0.3, 0.4) is 0 Å². The Hall–Kier alpha value is 0.224. The summed E-state index contributed by atoms with van der Waals surface area (Å²) in [5.74, 6) is 0. The van der Waals surface area contributed by atoms with E-state index in [1.165, 1.54) is 0 Å². The molecule has 5 heteroatoms. The second-order valence-electron chi connectivity index (χ2n) is 0.781. The lowest BCUT2D eigenvalue weighted by molar-refractivity contribution is 0.516. The molecular formula is H3F3Si2. The third kappa shape index (κ3) is 417. The van der Waals surface area contributed by atoms with Crippen molar-refractivity contribution in [1.29, 1.82) is 0 Å². The van der Waals surface area contributed by atoms with Crippen LogP contribution in [-0.4, -0.2) is 18.4 Å². The maximum atomic E-state index is 10.6. The highest BCUT2D eigenvalue weighted by Gasteiger charge is 2.25. The molecule has 0 aliphatic heterocycles. The quantitative estimate of drug-likeness (QED) is 0.301. The summed E-state index contributed by atoms with van der Waals surface area (Å²) in [5, 5.41) is 0.